The Labute approximate surface area is 359 Å². The second-order valence-electron chi connectivity index (χ2n) is 14.6. The van der Waals surface area contributed by atoms with Crippen molar-refractivity contribution in [3.63, 3.8) is 0 Å². The van der Waals surface area contributed by atoms with E-state index in [4.69, 9.17) is 34.9 Å². The minimum Gasteiger partial charge on any atom is -0.339 e. The predicted octanol–water partition coefficient (Wildman–Crippen LogP) is 10.3. The Balaban J connectivity index is 1.26. The maximum absolute atomic E-state index is 5.09. The molecule has 9 nitrogen and oxygen atoms in total. The Bertz CT molecular complexity index is 2920. The van der Waals surface area contributed by atoms with Crippen molar-refractivity contribution in [2.45, 2.75) is 0 Å². The molecule has 0 amide bonds. The first-order valence-corrected chi connectivity index (χ1v) is 20.0. The molecule has 294 valence electrons. The number of benzene rings is 1. The van der Waals surface area contributed by atoms with E-state index in [2.05, 4.69) is 68.7 Å². The molecule has 0 bridgehead atoms. The molecule has 9 aromatic heterocycles. The maximum atomic E-state index is 5.09. The van der Waals surface area contributed by atoms with Gasteiger partial charge in [0.05, 0.1) is 57.4 Å². The van der Waals surface area contributed by atoms with Gasteiger partial charge < -0.3 is 9.13 Å². The summed E-state index contributed by atoms with van der Waals surface area (Å²) in [6.45, 7) is 0. The van der Waals surface area contributed by atoms with Crippen molar-refractivity contribution in [2.75, 3.05) is 0 Å². The Hall–Kier alpha value is -8.69. The SMILES string of the molecule is [CH2-][n+]1ccccc1-c1cc(-c2cc(-c3cc(-c4ccccn4)nc(-c4ccccn4)c3)cc(-c3cc(-c4ccccn4)nc(-c4ccccn4)c3)c2)cc(-c2ccccn2)[n+]1[CH2-]. The van der Waals surface area contributed by atoms with E-state index in [-0.39, 0.29) is 0 Å². The van der Waals surface area contributed by atoms with Gasteiger partial charge >= 0.3 is 0 Å². The standard InChI is InChI=1S/C53H37N9/c1-61-26-14-8-20-51(61)53-35-41(34-52(62(53)2)46-19-7-13-25-58-46)38-28-36(39-30-47(42-15-3-9-21-54-42)59-48(31-39)43-16-4-10-22-55-43)27-37(29-38)40-32-49(44-17-5-11-23-56-44)60-50(33-40)45-18-6-12-24-57-45/h3-35H,1-2H2. The van der Waals surface area contributed by atoms with Crippen molar-refractivity contribution in [2.24, 2.45) is 0 Å². The molecule has 0 fully saturated rings. The molecule has 9 heteroatoms. The minimum absolute atomic E-state index is 0.733. The van der Waals surface area contributed by atoms with Crippen molar-refractivity contribution >= 4 is 0 Å². The van der Waals surface area contributed by atoms with Crippen LogP contribution in [0.1, 0.15) is 0 Å². The van der Waals surface area contributed by atoms with Crippen LogP contribution in [-0.2, 0) is 0 Å². The van der Waals surface area contributed by atoms with Gasteiger partial charge in [-0.05, 0) is 149 Å². The number of nitrogens with zero attached hydrogens (tertiary/aromatic N) is 9. The molecule has 0 saturated heterocycles. The van der Waals surface area contributed by atoms with Crippen LogP contribution in [-0.4, -0.2) is 34.9 Å². The van der Waals surface area contributed by atoms with Gasteiger partial charge in [0.25, 0.3) is 0 Å². The molecule has 62 heavy (non-hydrogen) atoms. The summed E-state index contributed by atoms with van der Waals surface area (Å²) in [4.78, 5) is 33.7. The molecule has 10 aromatic rings. The first kappa shape index (κ1) is 37.6. The highest BCUT2D eigenvalue weighted by atomic mass is 15.0. The fourth-order valence-corrected chi connectivity index (χ4v) is 7.54. The Morgan fingerprint density at radius 2 is 0.629 bits per heavy atom. The van der Waals surface area contributed by atoms with Crippen LogP contribution < -0.4 is 9.13 Å². The van der Waals surface area contributed by atoms with Crippen LogP contribution in [0.15, 0.2) is 201 Å². The summed E-state index contributed by atoms with van der Waals surface area (Å²) in [5.74, 6) is 0. The third-order valence-corrected chi connectivity index (χ3v) is 10.6. The second-order valence-corrected chi connectivity index (χ2v) is 14.6. The summed E-state index contributed by atoms with van der Waals surface area (Å²) >= 11 is 0. The van der Waals surface area contributed by atoms with E-state index in [9.17, 15) is 0 Å². The molecule has 0 aliphatic rings. The van der Waals surface area contributed by atoms with Gasteiger partial charge in [-0.1, -0.05) is 48.5 Å². The summed E-state index contributed by atoms with van der Waals surface area (Å²) in [5, 5.41) is 0. The third kappa shape index (κ3) is 7.65. The molecule has 0 unspecified atom stereocenters. The van der Waals surface area contributed by atoms with E-state index in [0.29, 0.717) is 0 Å². The molecule has 0 aliphatic heterocycles. The summed E-state index contributed by atoms with van der Waals surface area (Å²) in [6, 6.07) is 54.7. The van der Waals surface area contributed by atoms with E-state index in [1.807, 2.05) is 125 Å². The molecule has 0 radical (unpaired) electrons. The normalized spacial score (nSPS) is 11.0. The fraction of sp³-hybridized carbons (Fsp3) is 0. The molecule has 0 N–H and O–H groups in total. The van der Waals surface area contributed by atoms with E-state index in [1.54, 1.807) is 31.0 Å². The topological polar surface area (TPSA) is 98.0 Å². The smallest absolute Gasteiger partial charge is 0.130 e. The van der Waals surface area contributed by atoms with Gasteiger partial charge in [0.15, 0.2) is 0 Å². The molecule has 0 spiro atoms. The Morgan fingerprint density at radius 1 is 0.290 bits per heavy atom. The average Bonchev–Trinajstić information content (AvgIpc) is 3.35. The molecule has 0 aliphatic carbocycles. The summed E-state index contributed by atoms with van der Waals surface area (Å²) in [6.07, 6.45) is 10.9. The minimum atomic E-state index is 0.733. The number of hydrogen-bond donors (Lipinski definition) is 0. The van der Waals surface area contributed by atoms with Gasteiger partial charge in [-0.2, -0.15) is 0 Å². The van der Waals surface area contributed by atoms with Gasteiger partial charge in [0.2, 0.25) is 0 Å². The van der Waals surface area contributed by atoms with Crippen LogP contribution in [0.4, 0.5) is 0 Å². The van der Waals surface area contributed by atoms with E-state index in [1.165, 1.54) is 0 Å². The molecular formula is C53H37N9. The predicted molar refractivity (Wildman–Crippen MR) is 242 cm³/mol. The molecule has 1 aromatic carbocycles. The quantitative estimate of drug-likeness (QED) is 0.106. The molecular weight excluding hydrogens is 763 g/mol. The maximum Gasteiger partial charge on any atom is 0.130 e. The van der Waals surface area contributed by atoms with Crippen LogP contribution in [0.3, 0.4) is 0 Å². The van der Waals surface area contributed by atoms with E-state index in [0.717, 1.165) is 102 Å². The van der Waals surface area contributed by atoms with E-state index < -0.39 is 0 Å². The molecule has 10 rings (SSSR count). The fourth-order valence-electron chi connectivity index (χ4n) is 7.54. The average molecular weight is 800 g/mol. The van der Waals surface area contributed by atoms with Gasteiger partial charge in [0.1, 0.15) is 17.1 Å². The summed E-state index contributed by atoms with van der Waals surface area (Å²) < 4.78 is 3.78. The van der Waals surface area contributed by atoms with Crippen LogP contribution in [0.5, 0.6) is 0 Å². The largest absolute Gasteiger partial charge is 0.339 e. The zero-order valence-electron chi connectivity index (χ0n) is 33.5. The van der Waals surface area contributed by atoms with Crippen molar-refractivity contribution in [3.8, 4) is 102 Å². The molecule has 9 heterocycles. The number of rotatable bonds is 9. The first-order chi connectivity index (χ1) is 30.5. The van der Waals surface area contributed by atoms with Gasteiger partial charge in [-0.3, -0.25) is 24.9 Å². The second kappa shape index (κ2) is 16.5. The van der Waals surface area contributed by atoms with E-state index >= 15 is 0 Å². The lowest BCUT2D eigenvalue weighted by Gasteiger charge is -2.19. The lowest BCUT2D eigenvalue weighted by atomic mass is 9.91. The van der Waals surface area contributed by atoms with Crippen molar-refractivity contribution in [1.29, 1.82) is 0 Å². The van der Waals surface area contributed by atoms with Crippen LogP contribution in [0.2, 0.25) is 0 Å². The van der Waals surface area contributed by atoms with Gasteiger partial charge in [0, 0.05) is 45.1 Å². The van der Waals surface area contributed by atoms with Crippen LogP contribution in [0.25, 0.3) is 102 Å². The highest BCUT2D eigenvalue weighted by molar-refractivity contribution is 5.86. The zero-order valence-corrected chi connectivity index (χ0v) is 33.5. The highest BCUT2D eigenvalue weighted by Gasteiger charge is 2.19. The highest BCUT2D eigenvalue weighted by Crippen LogP contribution is 2.38. The van der Waals surface area contributed by atoms with Gasteiger partial charge in [-0.25, -0.2) is 9.97 Å². The molecule has 0 atom stereocenters. The van der Waals surface area contributed by atoms with Crippen LogP contribution >= 0.6 is 0 Å². The van der Waals surface area contributed by atoms with Crippen molar-refractivity contribution in [3.05, 3.63) is 215 Å². The first-order valence-electron chi connectivity index (χ1n) is 20.0. The lowest BCUT2D eigenvalue weighted by Crippen LogP contribution is -2.38. The number of aromatic nitrogens is 9. The Kier molecular flexibility index (Phi) is 10.0. The zero-order chi connectivity index (χ0) is 41.8. The third-order valence-electron chi connectivity index (χ3n) is 10.6. The monoisotopic (exact) mass is 799 g/mol. The van der Waals surface area contributed by atoms with Crippen LogP contribution in [0, 0.1) is 14.1 Å². The number of pyridine rings is 9. The molecule has 0 saturated carbocycles. The number of hydrogen-bond acceptors (Lipinski definition) is 7. The Morgan fingerprint density at radius 3 is 1.00 bits per heavy atom. The van der Waals surface area contributed by atoms with Crippen molar-refractivity contribution < 1.29 is 9.13 Å². The summed E-state index contributed by atoms with van der Waals surface area (Å²) in [7, 11) is 8.84. The van der Waals surface area contributed by atoms with Gasteiger partial charge in [-0.15, -0.1) is 0 Å². The van der Waals surface area contributed by atoms with Crippen molar-refractivity contribution in [1.82, 2.24) is 34.9 Å². The summed E-state index contributed by atoms with van der Waals surface area (Å²) in [5.41, 5.74) is 15.1. The lowest BCUT2D eigenvalue weighted by molar-refractivity contribution is -0.627.